The summed E-state index contributed by atoms with van der Waals surface area (Å²) in [4.78, 5) is 17.4. The first-order chi connectivity index (χ1) is 9.58. The highest BCUT2D eigenvalue weighted by molar-refractivity contribution is 7.09. The Kier molecular flexibility index (Phi) is 5.04. The first-order valence-electron chi connectivity index (χ1n) is 6.65. The summed E-state index contributed by atoms with van der Waals surface area (Å²) in [5, 5.41) is 0. The van der Waals surface area contributed by atoms with Gasteiger partial charge in [-0.3, -0.25) is 4.79 Å². The van der Waals surface area contributed by atoms with Gasteiger partial charge in [0, 0.05) is 16.9 Å². The van der Waals surface area contributed by atoms with Crippen LogP contribution in [0.2, 0.25) is 0 Å². The summed E-state index contributed by atoms with van der Waals surface area (Å²) in [5.74, 6) is 0.0362. The van der Waals surface area contributed by atoms with Gasteiger partial charge in [0.2, 0.25) is 0 Å². The molecule has 0 aliphatic carbocycles. The molecule has 1 heterocycles. The number of carbonyl (C=O) groups is 1. The van der Waals surface area contributed by atoms with Crippen molar-refractivity contribution in [3.63, 3.8) is 0 Å². The van der Waals surface area contributed by atoms with Crippen molar-refractivity contribution in [1.29, 1.82) is 0 Å². The summed E-state index contributed by atoms with van der Waals surface area (Å²) in [6.07, 6.45) is 0.816. The first-order valence-corrected chi connectivity index (χ1v) is 7.53. The van der Waals surface area contributed by atoms with Gasteiger partial charge in [0.15, 0.2) is 5.78 Å². The maximum absolute atomic E-state index is 12.0. The molecule has 0 saturated carbocycles. The first kappa shape index (κ1) is 14.9. The van der Waals surface area contributed by atoms with Crippen LogP contribution in [0, 0.1) is 20.8 Å². The van der Waals surface area contributed by atoms with Crippen LogP contribution in [0.25, 0.3) is 0 Å². The molecular weight excluding hydrogens is 270 g/mol. The van der Waals surface area contributed by atoms with E-state index in [0.717, 1.165) is 23.2 Å². The Morgan fingerprint density at radius 1 is 1.25 bits per heavy atom. The summed E-state index contributed by atoms with van der Waals surface area (Å²) in [6.45, 7) is 6.74. The van der Waals surface area contributed by atoms with Gasteiger partial charge in [-0.15, -0.1) is 11.3 Å². The molecule has 106 valence electrons. The predicted octanol–water partition coefficient (Wildman–Crippen LogP) is 3.51. The maximum Gasteiger partial charge on any atom is 0.188 e. The minimum atomic E-state index is 0.0362. The number of hydrogen-bond acceptors (Lipinski definition) is 4. The number of Topliss-reactive ketones (excluding diaryl/α,β-unsaturated/α-hetero) is 1. The van der Waals surface area contributed by atoms with E-state index in [0.29, 0.717) is 6.61 Å². The summed E-state index contributed by atoms with van der Waals surface area (Å²) in [7, 11) is 0. The van der Waals surface area contributed by atoms with Crippen molar-refractivity contribution in [2.75, 3.05) is 13.2 Å². The molecule has 0 N–H and O–H groups in total. The van der Waals surface area contributed by atoms with Crippen LogP contribution in [0.1, 0.15) is 32.1 Å². The fraction of sp³-hybridized carbons (Fsp3) is 0.375. The van der Waals surface area contributed by atoms with Crippen LogP contribution in [0.4, 0.5) is 0 Å². The fourth-order valence-corrected chi connectivity index (χ4v) is 2.66. The fourth-order valence-electron chi connectivity index (χ4n) is 1.89. The number of benzene rings is 1. The highest BCUT2D eigenvalue weighted by atomic mass is 32.1. The summed E-state index contributed by atoms with van der Waals surface area (Å²) in [5.41, 5.74) is 5.95. The number of ketones is 1. The zero-order chi connectivity index (χ0) is 14.5. The number of thiazole rings is 1. The lowest BCUT2D eigenvalue weighted by Crippen LogP contribution is -2.11. The Balaban J connectivity index is 1.80. The molecule has 1 aromatic carbocycles. The molecule has 0 spiro atoms. The molecule has 20 heavy (non-hydrogen) atoms. The van der Waals surface area contributed by atoms with Crippen molar-refractivity contribution in [3.8, 4) is 0 Å². The molecule has 0 aliphatic rings. The van der Waals surface area contributed by atoms with Crippen molar-refractivity contribution in [3.05, 3.63) is 51.0 Å². The van der Waals surface area contributed by atoms with E-state index in [-0.39, 0.29) is 12.4 Å². The monoisotopic (exact) mass is 289 g/mol. The van der Waals surface area contributed by atoms with Crippen molar-refractivity contribution in [2.24, 2.45) is 0 Å². The van der Waals surface area contributed by atoms with Gasteiger partial charge in [0.05, 0.1) is 17.8 Å². The van der Waals surface area contributed by atoms with Crippen LogP contribution in [0.3, 0.4) is 0 Å². The van der Waals surface area contributed by atoms with Crippen molar-refractivity contribution in [2.45, 2.75) is 27.2 Å². The standard InChI is InChI=1S/C16H19NO2S/c1-11-4-5-14(8-12(11)2)15(18)9-19-7-6-16-13(3)17-10-20-16/h4-5,8,10H,6-7,9H2,1-3H3. The average Bonchev–Trinajstić information content (AvgIpc) is 2.83. The maximum atomic E-state index is 12.0. The normalized spacial score (nSPS) is 10.8. The highest BCUT2D eigenvalue weighted by Gasteiger charge is 2.08. The number of hydrogen-bond donors (Lipinski definition) is 0. The Bertz CT molecular complexity index is 604. The van der Waals surface area contributed by atoms with E-state index in [2.05, 4.69) is 4.98 Å². The second-order valence-electron chi connectivity index (χ2n) is 4.89. The second kappa shape index (κ2) is 6.77. The van der Waals surface area contributed by atoms with Crippen LogP contribution in [-0.2, 0) is 11.2 Å². The minimum Gasteiger partial charge on any atom is -0.373 e. The average molecular weight is 289 g/mol. The summed E-state index contributed by atoms with van der Waals surface area (Å²) in [6, 6.07) is 5.76. The van der Waals surface area contributed by atoms with E-state index in [4.69, 9.17) is 4.74 Å². The zero-order valence-electron chi connectivity index (χ0n) is 12.1. The number of ether oxygens (including phenoxy) is 1. The molecule has 0 aliphatic heterocycles. The lowest BCUT2D eigenvalue weighted by Gasteiger charge is -2.06. The Morgan fingerprint density at radius 2 is 2.05 bits per heavy atom. The third kappa shape index (κ3) is 3.74. The number of aryl methyl sites for hydroxylation is 3. The molecule has 1 aromatic heterocycles. The van der Waals surface area contributed by atoms with Gasteiger partial charge >= 0.3 is 0 Å². The summed E-state index contributed by atoms with van der Waals surface area (Å²) >= 11 is 1.63. The van der Waals surface area contributed by atoms with Gasteiger partial charge in [0.25, 0.3) is 0 Å². The Hall–Kier alpha value is -1.52. The zero-order valence-corrected chi connectivity index (χ0v) is 12.9. The molecule has 0 bridgehead atoms. The summed E-state index contributed by atoms with van der Waals surface area (Å²) < 4.78 is 5.48. The van der Waals surface area contributed by atoms with Gasteiger partial charge in [-0.1, -0.05) is 12.1 Å². The third-order valence-corrected chi connectivity index (χ3v) is 4.38. The molecular formula is C16H19NO2S. The molecule has 0 amide bonds. The number of aromatic nitrogens is 1. The Labute approximate surface area is 123 Å². The van der Waals surface area contributed by atoms with Crippen LogP contribution >= 0.6 is 11.3 Å². The molecule has 0 atom stereocenters. The van der Waals surface area contributed by atoms with E-state index in [9.17, 15) is 4.79 Å². The van der Waals surface area contributed by atoms with Crippen LogP contribution in [-0.4, -0.2) is 24.0 Å². The van der Waals surface area contributed by atoms with E-state index in [1.165, 1.54) is 10.4 Å². The second-order valence-corrected chi connectivity index (χ2v) is 5.83. The van der Waals surface area contributed by atoms with Crippen LogP contribution in [0.5, 0.6) is 0 Å². The van der Waals surface area contributed by atoms with Crippen LogP contribution < -0.4 is 0 Å². The van der Waals surface area contributed by atoms with Gasteiger partial charge in [0.1, 0.15) is 6.61 Å². The lowest BCUT2D eigenvalue weighted by atomic mass is 10.0. The third-order valence-electron chi connectivity index (χ3n) is 3.38. The van der Waals surface area contributed by atoms with Crippen molar-refractivity contribution < 1.29 is 9.53 Å². The van der Waals surface area contributed by atoms with E-state index >= 15 is 0 Å². The molecule has 3 nitrogen and oxygen atoms in total. The largest absolute Gasteiger partial charge is 0.373 e. The highest BCUT2D eigenvalue weighted by Crippen LogP contribution is 2.13. The molecule has 2 rings (SSSR count). The molecule has 0 saturated heterocycles. The van der Waals surface area contributed by atoms with Gasteiger partial charge in [-0.2, -0.15) is 0 Å². The minimum absolute atomic E-state index is 0.0362. The molecule has 2 aromatic rings. The van der Waals surface area contributed by atoms with Gasteiger partial charge in [-0.05, 0) is 38.0 Å². The van der Waals surface area contributed by atoms with Crippen molar-refractivity contribution >= 4 is 17.1 Å². The molecule has 0 unspecified atom stereocenters. The predicted molar refractivity (Wildman–Crippen MR) is 81.6 cm³/mol. The SMILES string of the molecule is Cc1ccc(C(=O)COCCc2scnc2C)cc1C. The van der Waals surface area contributed by atoms with E-state index in [1.807, 2.05) is 44.5 Å². The smallest absolute Gasteiger partial charge is 0.188 e. The molecule has 4 heteroatoms. The molecule has 0 fully saturated rings. The lowest BCUT2D eigenvalue weighted by molar-refractivity contribution is 0.0766. The van der Waals surface area contributed by atoms with E-state index < -0.39 is 0 Å². The number of carbonyl (C=O) groups excluding carboxylic acids is 1. The molecule has 0 radical (unpaired) electrons. The number of rotatable bonds is 6. The topological polar surface area (TPSA) is 39.2 Å². The number of nitrogens with zero attached hydrogens (tertiary/aromatic N) is 1. The van der Waals surface area contributed by atoms with Gasteiger partial charge in [-0.25, -0.2) is 4.98 Å². The quantitative estimate of drug-likeness (QED) is 0.603. The Morgan fingerprint density at radius 3 is 2.70 bits per heavy atom. The van der Waals surface area contributed by atoms with Crippen LogP contribution in [0.15, 0.2) is 23.7 Å². The van der Waals surface area contributed by atoms with Gasteiger partial charge < -0.3 is 4.74 Å². The van der Waals surface area contributed by atoms with Crippen molar-refractivity contribution in [1.82, 2.24) is 4.98 Å². The van der Waals surface area contributed by atoms with E-state index in [1.54, 1.807) is 11.3 Å².